The summed E-state index contributed by atoms with van der Waals surface area (Å²) in [7, 11) is 0. The Morgan fingerprint density at radius 1 is 1.14 bits per heavy atom. The van der Waals surface area contributed by atoms with E-state index in [1.165, 1.54) is 6.20 Å². The van der Waals surface area contributed by atoms with Crippen molar-refractivity contribution >= 4 is 17.7 Å². The fourth-order valence-corrected chi connectivity index (χ4v) is 4.44. The summed E-state index contributed by atoms with van der Waals surface area (Å²) in [5.41, 5.74) is 6.95. The number of nitrogens with zero attached hydrogens (tertiary/aromatic N) is 3. The first-order valence-corrected chi connectivity index (χ1v) is 12.2. The van der Waals surface area contributed by atoms with Gasteiger partial charge in [-0.2, -0.15) is 0 Å². The van der Waals surface area contributed by atoms with E-state index in [-0.39, 0.29) is 29.2 Å². The van der Waals surface area contributed by atoms with E-state index < -0.39 is 6.04 Å². The number of pyridine rings is 1. The van der Waals surface area contributed by atoms with Crippen molar-refractivity contribution in [1.29, 1.82) is 0 Å². The fraction of sp³-hybridized carbons (Fsp3) is 0.481. The lowest BCUT2D eigenvalue weighted by Crippen LogP contribution is -2.47. The Bertz CT molecular complexity index is 991. The lowest BCUT2D eigenvalue weighted by atomic mass is 9.91. The molecule has 0 bridgehead atoms. The van der Waals surface area contributed by atoms with Gasteiger partial charge in [0, 0.05) is 45.0 Å². The molecule has 0 spiro atoms. The Balaban J connectivity index is 1.86. The topological polar surface area (TPSA) is 109 Å². The average Bonchev–Trinajstić information content (AvgIpc) is 3.27. The van der Waals surface area contributed by atoms with Crippen LogP contribution in [0.4, 0.5) is 0 Å². The summed E-state index contributed by atoms with van der Waals surface area (Å²) >= 11 is 0. The molecule has 8 heteroatoms. The number of hydrogen-bond acceptors (Lipinski definition) is 5. The van der Waals surface area contributed by atoms with Gasteiger partial charge in [-0.3, -0.25) is 19.4 Å². The smallest absolute Gasteiger partial charge is 0.256 e. The SMILES string of the molecule is CC(C)(C)CC(=O)N(CCc1ccccc1)C1CC(C(=O)NCCN)N(C(=O)c2cccnc2)C1. The molecule has 8 nitrogen and oxygen atoms in total. The zero-order valence-electron chi connectivity index (χ0n) is 20.9. The van der Waals surface area contributed by atoms with E-state index in [2.05, 4.69) is 10.3 Å². The molecule has 2 heterocycles. The van der Waals surface area contributed by atoms with E-state index >= 15 is 0 Å². The van der Waals surface area contributed by atoms with Crippen LogP contribution in [0.2, 0.25) is 0 Å². The molecule has 1 aliphatic rings. The number of carbonyl (C=O) groups excluding carboxylic acids is 3. The standard InChI is InChI=1S/C27H37N5O3/c1-27(2,3)17-24(33)31(15-11-20-8-5-4-6-9-20)22-16-23(25(34)30-14-12-28)32(19-22)26(35)21-10-7-13-29-18-21/h4-10,13,18,22-23H,11-12,14-17,19,28H2,1-3H3,(H,30,34). The van der Waals surface area contributed by atoms with Gasteiger partial charge in [-0.25, -0.2) is 0 Å². The number of aromatic nitrogens is 1. The third-order valence-corrected chi connectivity index (χ3v) is 6.12. The predicted octanol–water partition coefficient (Wildman–Crippen LogP) is 2.25. The van der Waals surface area contributed by atoms with E-state index in [4.69, 9.17) is 5.73 Å². The van der Waals surface area contributed by atoms with Gasteiger partial charge in [0.1, 0.15) is 6.04 Å². The first-order chi connectivity index (χ1) is 16.7. The van der Waals surface area contributed by atoms with Crippen LogP contribution in [-0.4, -0.2) is 70.8 Å². The molecule has 3 N–H and O–H groups in total. The van der Waals surface area contributed by atoms with Crippen LogP contribution in [-0.2, 0) is 16.0 Å². The van der Waals surface area contributed by atoms with Crippen LogP contribution < -0.4 is 11.1 Å². The molecule has 0 radical (unpaired) electrons. The quantitative estimate of drug-likeness (QED) is 0.573. The number of nitrogens with two attached hydrogens (primary N) is 1. The molecule has 1 aliphatic heterocycles. The van der Waals surface area contributed by atoms with Gasteiger partial charge < -0.3 is 20.9 Å². The van der Waals surface area contributed by atoms with Gasteiger partial charge in [-0.05, 0) is 36.0 Å². The Morgan fingerprint density at radius 2 is 1.89 bits per heavy atom. The lowest BCUT2D eigenvalue weighted by molar-refractivity contribution is -0.135. The predicted molar refractivity (Wildman–Crippen MR) is 135 cm³/mol. The van der Waals surface area contributed by atoms with Gasteiger partial charge in [-0.15, -0.1) is 0 Å². The summed E-state index contributed by atoms with van der Waals surface area (Å²) in [5, 5.41) is 2.82. The largest absolute Gasteiger partial charge is 0.353 e. The van der Waals surface area contributed by atoms with Crippen LogP contribution >= 0.6 is 0 Å². The second-order valence-electron chi connectivity index (χ2n) is 10.2. The Morgan fingerprint density at radius 3 is 2.51 bits per heavy atom. The van der Waals surface area contributed by atoms with Crippen molar-refractivity contribution in [3.8, 4) is 0 Å². The van der Waals surface area contributed by atoms with Gasteiger partial charge in [0.05, 0.1) is 11.6 Å². The summed E-state index contributed by atoms with van der Waals surface area (Å²) in [6.45, 7) is 7.57. The van der Waals surface area contributed by atoms with Crippen molar-refractivity contribution in [3.63, 3.8) is 0 Å². The Kier molecular flexibility index (Phi) is 8.98. The van der Waals surface area contributed by atoms with Crippen LogP contribution in [0.25, 0.3) is 0 Å². The average molecular weight is 480 g/mol. The number of amides is 3. The lowest BCUT2D eigenvalue weighted by Gasteiger charge is -2.32. The zero-order valence-corrected chi connectivity index (χ0v) is 20.9. The molecule has 3 rings (SSSR count). The summed E-state index contributed by atoms with van der Waals surface area (Å²) in [4.78, 5) is 47.3. The molecule has 188 valence electrons. The number of likely N-dealkylation sites (tertiary alicyclic amines) is 1. The third kappa shape index (κ3) is 7.36. The summed E-state index contributed by atoms with van der Waals surface area (Å²) in [6, 6.07) is 12.5. The molecule has 35 heavy (non-hydrogen) atoms. The molecule has 1 saturated heterocycles. The normalized spacial score (nSPS) is 17.8. The van der Waals surface area contributed by atoms with Gasteiger partial charge in [-0.1, -0.05) is 51.1 Å². The van der Waals surface area contributed by atoms with E-state index in [0.717, 1.165) is 5.56 Å². The van der Waals surface area contributed by atoms with Gasteiger partial charge >= 0.3 is 0 Å². The molecule has 1 aromatic heterocycles. The molecule has 0 aliphatic carbocycles. The highest BCUT2D eigenvalue weighted by molar-refractivity contribution is 5.98. The highest BCUT2D eigenvalue weighted by Crippen LogP contribution is 2.28. The first-order valence-electron chi connectivity index (χ1n) is 12.2. The number of nitrogens with one attached hydrogen (secondary N) is 1. The van der Waals surface area contributed by atoms with Crippen molar-refractivity contribution in [3.05, 3.63) is 66.0 Å². The molecule has 2 atom stereocenters. The van der Waals surface area contributed by atoms with E-state index in [1.807, 2.05) is 56.0 Å². The zero-order chi connectivity index (χ0) is 25.4. The molecule has 1 aromatic carbocycles. The Labute approximate surface area is 207 Å². The third-order valence-electron chi connectivity index (χ3n) is 6.12. The molecule has 3 amide bonds. The summed E-state index contributed by atoms with van der Waals surface area (Å²) < 4.78 is 0. The maximum atomic E-state index is 13.5. The highest BCUT2D eigenvalue weighted by atomic mass is 16.2. The second-order valence-corrected chi connectivity index (χ2v) is 10.2. The van der Waals surface area contributed by atoms with E-state index in [0.29, 0.717) is 51.0 Å². The van der Waals surface area contributed by atoms with Crippen molar-refractivity contribution in [2.24, 2.45) is 11.1 Å². The van der Waals surface area contributed by atoms with Gasteiger partial charge in [0.2, 0.25) is 11.8 Å². The number of hydrogen-bond donors (Lipinski definition) is 2. The number of rotatable bonds is 9. The molecular formula is C27H37N5O3. The monoisotopic (exact) mass is 479 g/mol. The van der Waals surface area contributed by atoms with Crippen LogP contribution in [0, 0.1) is 5.41 Å². The van der Waals surface area contributed by atoms with Crippen LogP contribution in [0.1, 0.15) is 49.5 Å². The maximum Gasteiger partial charge on any atom is 0.256 e. The van der Waals surface area contributed by atoms with Crippen LogP contribution in [0.5, 0.6) is 0 Å². The number of benzene rings is 1. The molecule has 2 aromatic rings. The second kappa shape index (κ2) is 11.9. The van der Waals surface area contributed by atoms with Crippen LogP contribution in [0.15, 0.2) is 54.9 Å². The Hall–Kier alpha value is -3.26. The highest BCUT2D eigenvalue weighted by Gasteiger charge is 2.43. The fourth-order valence-electron chi connectivity index (χ4n) is 4.44. The summed E-state index contributed by atoms with van der Waals surface area (Å²) in [5.74, 6) is -0.475. The molecule has 1 fully saturated rings. The van der Waals surface area contributed by atoms with Crippen LogP contribution in [0.3, 0.4) is 0 Å². The molecular weight excluding hydrogens is 442 g/mol. The van der Waals surface area contributed by atoms with Gasteiger partial charge in [0.15, 0.2) is 0 Å². The molecule has 2 unspecified atom stereocenters. The molecule has 0 saturated carbocycles. The van der Waals surface area contributed by atoms with E-state index in [1.54, 1.807) is 23.2 Å². The van der Waals surface area contributed by atoms with Crippen molar-refractivity contribution < 1.29 is 14.4 Å². The number of carbonyl (C=O) groups is 3. The minimum atomic E-state index is -0.680. The minimum Gasteiger partial charge on any atom is -0.353 e. The van der Waals surface area contributed by atoms with E-state index in [9.17, 15) is 14.4 Å². The summed E-state index contributed by atoms with van der Waals surface area (Å²) in [6.07, 6.45) is 4.58. The van der Waals surface area contributed by atoms with Crippen molar-refractivity contribution in [1.82, 2.24) is 20.1 Å². The minimum absolute atomic E-state index is 0.0372. The van der Waals surface area contributed by atoms with Crippen molar-refractivity contribution in [2.45, 2.75) is 52.1 Å². The van der Waals surface area contributed by atoms with Crippen molar-refractivity contribution in [2.75, 3.05) is 26.2 Å². The maximum absolute atomic E-state index is 13.5. The van der Waals surface area contributed by atoms with Gasteiger partial charge in [0.25, 0.3) is 5.91 Å². The first kappa shape index (κ1) is 26.3.